The monoisotopic (exact) mass is 357 g/mol. The predicted octanol–water partition coefficient (Wildman–Crippen LogP) is 3.19. The Labute approximate surface area is 130 Å². The molecule has 0 aliphatic carbocycles. The number of rotatable bonds is 4. The first-order valence-electron chi connectivity index (χ1n) is 5.73. The van der Waals surface area contributed by atoms with Gasteiger partial charge in [0.1, 0.15) is 5.75 Å². The molecule has 8 heteroatoms. The number of ether oxygens (including phenoxy) is 1. The summed E-state index contributed by atoms with van der Waals surface area (Å²) in [4.78, 5) is 14.4. The van der Waals surface area contributed by atoms with Crippen LogP contribution < -0.4 is 15.0 Å². The minimum Gasteiger partial charge on any atom is -0.423 e. The van der Waals surface area contributed by atoms with Gasteiger partial charge in [-0.05, 0) is 34.1 Å². The van der Waals surface area contributed by atoms with Gasteiger partial charge in [0.25, 0.3) is 0 Å². The van der Waals surface area contributed by atoms with Gasteiger partial charge in [0.05, 0.1) is 4.47 Å². The van der Waals surface area contributed by atoms with E-state index in [0.717, 1.165) is 4.47 Å². The first kappa shape index (κ1) is 14.8. The minimum atomic E-state index is 0.205. The lowest BCUT2D eigenvalue weighted by atomic mass is 10.3. The normalized spacial score (nSPS) is 10.2. The first-order valence-corrected chi connectivity index (χ1v) is 6.90. The number of hydrogen-bond acceptors (Lipinski definition) is 6. The van der Waals surface area contributed by atoms with E-state index in [0.29, 0.717) is 22.7 Å². The van der Waals surface area contributed by atoms with Crippen LogP contribution >= 0.6 is 27.5 Å². The topological polar surface area (TPSA) is 63.2 Å². The second kappa shape index (κ2) is 6.23. The molecular weight excluding hydrogens is 346 g/mol. The summed E-state index contributed by atoms with van der Waals surface area (Å²) in [6.45, 7) is 0. The summed E-state index contributed by atoms with van der Waals surface area (Å²) in [7, 11) is 5.42. The van der Waals surface area contributed by atoms with Crippen LogP contribution in [-0.4, -0.2) is 36.1 Å². The van der Waals surface area contributed by atoms with Crippen molar-refractivity contribution in [1.82, 2.24) is 15.0 Å². The zero-order chi connectivity index (χ0) is 14.7. The van der Waals surface area contributed by atoms with E-state index in [4.69, 9.17) is 16.3 Å². The molecule has 0 atom stereocenters. The van der Waals surface area contributed by atoms with Gasteiger partial charge in [0.15, 0.2) is 0 Å². The Kier molecular flexibility index (Phi) is 4.61. The highest BCUT2D eigenvalue weighted by atomic mass is 79.9. The van der Waals surface area contributed by atoms with Gasteiger partial charge in [-0.2, -0.15) is 15.0 Å². The molecule has 1 aromatic carbocycles. The maximum absolute atomic E-state index is 5.89. The van der Waals surface area contributed by atoms with Crippen molar-refractivity contribution in [2.24, 2.45) is 0 Å². The van der Waals surface area contributed by atoms with Crippen LogP contribution in [0.4, 0.5) is 11.9 Å². The average molecular weight is 359 g/mol. The van der Waals surface area contributed by atoms with Crippen molar-refractivity contribution >= 4 is 39.4 Å². The Morgan fingerprint density at radius 2 is 2.00 bits per heavy atom. The highest BCUT2D eigenvalue weighted by molar-refractivity contribution is 9.10. The van der Waals surface area contributed by atoms with Gasteiger partial charge in [0, 0.05) is 26.2 Å². The molecule has 0 saturated carbocycles. The molecule has 1 aromatic heterocycles. The number of nitrogens with one attached hydrogen (secondary N) is 1. The summed E-state index contributed by atoms with van der Waals surface area (Å²) in [6.07, 6.45) is 0. The van der Waals surface area contributed by atoms with Crippen molar-refractivity contribution in [3.05, 3.63) is 27.7 Å². The van der Waals surface area contributed by atoms with Crippen LogP contribution in [-0.2, 0) is 0 Å². The van der Waals surface area contributed by atoms with Gasteiger partial charge in [-0.1, -0.05) is 11.6 Å². The van der Waals surface area contributed by atoms with Gasteiger partial charge < -0.3 is 15.0 Å². The van der Waals surface area contributed by atoms with Crippen molar-refractivity contribution in [1.29, 1.82) is 0 Å². The molecule has 0 spiro atoms. The third-order valence-electron chi connectivity index (χ3n) is 2.32. The Morgan fingerprint density at radius 1 is 1.25 bits per heavy atom. The molecule has 2 rings (SSSR count). The fraction of sp³-hybridized carbons (Fsp3) is 0.250. The highest BCUT2D eigenvalue weighted by Gasteiger charge is 2.11. The number of nitrogens with zero attached hydrogens (tertiary/aromatic N) is 4. The van der Waals surface area contributed by atoms with E-state index in [1.807, 2.05) is 14.1 Å². The maximum Gasteiger partial charge on any atom is 0.328 e. The summed E-state index contributed by atoms with van der Waals surface area (Å²) in [6, 6.07) is 5.42. The van der Waals surface area contributed by atoms with E-state index in [9.17, 15) is 0 Å². The van der Waals surface area contributed by atoms with Crippen LogP contribution in [0, 0.1) is 0 Å². The molecule has 2 aromatic rings. The van der Waals surface area contributed by atoms with Gasteiger partial charge in [-0.15, -0.1) is 0 Å². The summed E-state index contributed by atoms with van der Waals surface area (Å²) < 4.78 is 6.39. The number of benzene rings is 1. The molecule has 0 aliphatic heterocycles. The van der Waals surface area contributed by atoms with Gasteiger partial charge in [-0.3, -0.25) is 0 Å². The lowest BCUT2D eigenvalue weighted by Crippen LogP contribution is -2.15. The molecule has 0 aliphatic rings. The van der Waals surface area contributed by atoms with Gasteiger partial charge >= 0.3 is 6.01 Å². The highest BCUT2D eigenvalue weighted by Crippen LogP contribution is 2.31. The molecule has 1 N–H and O–H groups in total. The number of anilines is 2. The van der Waals surface area contributed by atoms with Crippen LogP contribution in [0.15, 0.2) is 22.7 Å². The van der Waals surface area contributed by atoms with E-state index >= 15 is 0 Å². The fourth-order valence-corrected chi connectivity index (χ4v) is 2.12. The van der Waals surface area contributed by atoms with Gasteiger partial charge in [-0.25, -0.2) is 0 Å². The third-order valence-corrected chi connectivity index (χ3v) is 3.18. The summed E-state index contributed by atoms with van der Waals surface area (Å²) >= 11 is 9.27. The van der Waals surface area contributed by atoms with Crippen LogP contribution in [0.2, 0.25) is 5.02 Å². The minimum absolute atomic E-state index is 0.205. The number of halogens is 2. The van der Waals surface area contributed by atoms with E-state index in [2.05, 4.69) is 36.2 Å². The molecule has 20 heavy (non-hydrogen) atoms. The molecule has 0 saturated heterocycles. The Balaban J connectivity index is 2.34. The average Bonchev–Trinajstić information content (AvgIpc) is 2.41. The summed E-state index contributed by atoms with van der Waals surface area (Å²) in [5.41, 5.74) is 0. The molecule has 0 radical (unpaired) electrons. The van der Waals surface area contributed by atoms with Crippen molar-refractivity contribution in [2.45, 2.75) is 0 Å². The standard InChI is InChI=1S/C12H13BrClN5O/c1-15-10-16-11(19(2)3)18-12(17-10)20-9-5-4-7(14)6-8(9)13/h4-6H,1-3H3,(H,15,16,17,18). The Morgan fingerprint density at radius 3 is 2.60 bits per heavy atom. The van der Waals surface area contributed by atoms with Crippen LogP contribution in [0.3, 0.4) is 0 Å². The molecule has 106 valence electrons. The van der Waals surface area contributed by atoms with Gasteiger partial charge in [0.2, 0.25) is 11.9 Å². The van der Waals surface area contributed by atoms with Crippen LogP contribution in [0.5, 0.6) is 11.8 Å². The second-order valence-corrected chi connectivity index (χ2v) is 5.35. The molecule has 0 bridgehead atoms. The number of hydrogen-bond donors (Lipinski definition) is 1. The molecule has 0 amide bonds. The molecular formula is C12H13BrClN5O. The quantitative estimate of drug-likeness (QED) is 0.905. The zero-order valence-electron chi connectivity index (χ0n) is 11.2. The molecule has 6 nitrogen and oxygen atoms in total. The SMILES string of the molecule is CNc1nc(Oc2ccc(Cl)cc2Br)nc(N(C)C)n1. The van der Waals surface area contributed by atoms with E-state index in [-0.39, 0.29) is 6.01 Å². The first-order chi connectivity index (χ1) is 9.49. The van der Waals surface area contributed by atoms with E-state index in [1.165, 1.54) is 0 Å². The smallest absolute Gasteiger partial charge is 0.328 e. The van der Waals surface area contributed by atoms with Crippen LogP contribution in [0.1, 0.15) is 0 Å². The lowest BCUT2D eigenvalue weighted by Gasteiger charge is -2.13. The van der Waals surface area contributed by atoms with E-state index in [1.54, 1.807) is 30.1 Å². The predicted molar refractivity (Wildman–Crippen MR) is 82.9 cm³/mol. The third kappa shape index (κ3) is 3.49. The summed E-state index contributed by atoms with van der Waals surface area (Å²) in [5.74, 6) is 1.51. The Bertz CT molecular complexity index is 623. The second-order valence-electron chi connectivity index (χ2n) is 4.06. The van der Waals surface area contributed by atoms with Crippen molar-refractivity contribution < 1.29 is 4.74 Å². The van der Waals surface area contributed by atoms with Crippen molar-refractivity contribution in [2.75, 3.05) is 31.4 Å². The Hall–Kier alpha value is -1.60. The lowest BCUT2D eigenvalue weighted by molar-refractivity contribution is 0.438. The number of aromatic nitrogens is 3. The zero-order valence-corrected chi connectivity index (χ0v) is 13.5. The fourth-order valence-electron chi connectivity index (χ4n) is 1.36. The maximum atomic E-state index is 5.89. The van der Waals surface area contributed by atoms with Crippen LogP contribution in [0.25, 0.3) is 0 Å². The molecule has 1 heterocycles. The van der Waals surface area contributed by atoms with Crippen molar-refractivity contribution in [3.8, 4) is 11.8 Å². The molecule has 0 unspecified atom stereocenters. The molecule has 0 fully saturated rings. The van der Waals surface area contributed by atoms with Crippen molar-refractivity contribution in [3.63, 3.8) is 0 Å². The summed E-state index contributed by atoms with van der Waals surface area (Å²) in [5, 5.41) is 3.49. The largest absolute Gasteiger partial charge is 0.423 e. The van der Waals surface area contributed by atoms with E-state index < -0.39 is 0 Å².